The fraction of sp³-hybridized carbons (Fsp3) is 1.00. The van der Waals surface area contributed by atoms with Crippen molar-refractivity contribution in [2.75, 3.05) is 7.05 Å². The summed E-state index contributed by atoms with van der Waals surface area (Å²) in [6.45, 7) is 0. The van der Waals surface area contributed by atoms with Gasteiger partial charge in [0.2, 0.25) is 0 Å². The van der Waals surface area contributed by atoms with Crippen LogP contribution in [0.5, 0.6) is 0 Å². The monoisotopic (exact) mass is 243 g/mol. The lowest BCUT2D eigenvalue weighted by Gasteiger charge is -2.53. The Hall–Kier alpha value is 0.0400. The maximum absolute atomic E-state index is 12.8. The van der Waals surface area contributed by atoms with E-state index in [2.05, 4.69) is 5.32 Å². The zero-order valence-electron chi connectivity index (χ0n) is 8.78. The van der Waals surface area contributed by atoms with Gasteiger partial charge in [-0.05, 0) is 45.6 Å². The molecule has 0 aromatic rings. The molecule has 3 rings (SSSR count). The third-order valence-corrected chi connectivity index (χ3v) is 4.38. The number of alkyl halides is 3. The van der Waals surface area contributed by atoms with E-state index in [-0.39, 0.29) is 17.9 Å². The summed E-state index contributed by atoms with van der Waals surface area (Å²) in [6, 6.07) is 0. The fourth-order valence-corrected chi connectivity index (χ4v) is 2.99. The lowest BCUT2D eigenvalue weighted by molar-refractivity contribution is -0.254. The van der Waals surface area contributed by atoms with Crippen LogP contribution in [0, 0.1) is 5.41 Å². The molecule has 0 saturated heterocycles. The molecule has 1 N–H and O–H groups in total. The van der Waals surface area contributed by atoms with E-state index in [4.69, 9.17) is 0 Å². The SMILES string of the molecule is CNC12CCC(C(F)(F)F)(CC1)CC2.Cl. The van der Waals surface area contributed by atoms with Crippen molar-refractivity contribution in [1.82, 2.24) is 5.32 Å². The quantitative estimate of drug-likeness (QED) is 0.745. The van der Waals surface area contributed by atoms with E-state index >= 15 is 0 Å². The lowest BCUT2D eigenvalue weighted by atomic mass is 9.57. The predicted octanol–water partition coefficient (Wildman–Crippen LogP) is 3.28. The van der Waals surface area contributed by atoms with Crippen molar-refractivity contribution >= 4 is 12.4 Å². The standard InChI is InChI=1S/C10H16F3N.ClH/c1-14-9-5-2-8(3-6-9,4-7-9)10(11,12)13;/h14H,2-7H2,1H3;1H. The molecule has 0 heterocycles. The molecule has 90 valence electrons. The van der Waals surface area contributed by atoms with Crippen LogP contribution >= 0.6 is 12.4 Å². The summed E-state index contributed by atoms with van der Waals surface area (Å²) in [4.78, 5) is 0. The van der Waals surface area contributed by atoms with Gasteiger partial charge in [-0.1, -0.05) is 0 Å². The van der Waals surface area contributed by atoms with Gasteiger partial charge in [-0.15, -0.1) is 12.4 Å². The molecule has 3 fully saturated rings. The summed E-state index contributed by atoms with van der Waals surface area (Å²) in [5, 5.41) is 3.21. The Bertz CT molecular complexity index is 215. The zero-order chi connectivity index (χ0) is 10.4. The summed E-state index contributed by atoms with van der Waals surface area (Å²) in [5.41, 5.74) is -1.32. The Morgan fingerprint density at radius 1 is 0.933 bits per heavy atom. The van der Waals surface area contributed by atoms with E-state index in [1.807, 2.05) is 7.05 Å². The van der Waals surface area contributed by atoms with Crippen LogP contribution in [-0.2, 0) is 0 Å². The number of halogens is 4. The van der Waals surface area contributed by atoms with E-state index in [1.165, 1.54) is 0 Å². The minimum Gasteiger partial charge on any atom is -0.314 e. The van der Waals surface area contributed by atoms with Gasteiger partial charge >= 0.3 is 6.18 Å². The molecule has 0 radical (unpaired) electrons. The molecule has 0 atom stereocenters. The van der Waals surface area contributed by atoms with Gasteiger partial charge in [0.25, 0.3) is 0 Å². The number of nitrogens with one attached hydrogen (secondary N) is 1. The highest BCUT2D eigenvalue weighted by molar-refractivity contribution is 5.85. The maximum Gasteiger partial charge on any atom is 0.394 e. The molecule has 0 unspecified atom stereocenters. The summed E-state index contributed by atoms with van der Waals surface area (Å²) in [6.07, 6.45) is -0.992. The normalized spacial score (nSPS) is 40.0. The van der Waals surface area contributed by atoms with E-state index in [9.17, 15) is 13.2 Å². The third kappa shape index (κ3) is 1.86. The molecule has 3 aliphatic rings. The molecule has 5 heteroatoms. The van der Waals surface area contributed by atoms with Crippen LogP contribution in [0.4, 0.5) is 13.2 Å². The van der Waals surface area contributed by atoms with Crippen LogP contribution in [0.15, 0.2) is 0 Å². The smallest absolute Gasteiger partial charge is 0.314 e. The topological polar surface area (TPSA) is 12.0 Å². The average molecular weight is 244 g/mol. The number of hydrogen-bond acceptors (Lipinski definition) is 1. The lowest BCUT2D eigenvalue weighted by Crippen LogP contribution is -2.57. The first-order valence-electron chi connectivity index (χ1n) is 5.19. The Morgan fingerprint density at radius 3 is 1.60 bits per heavy atom. The highest BCUT2D eigenvalue weighted by Gasteiger charge is 2.60. The fourth-order valence-electron chi connectivity index (χ4n) is 2.99. The molecule has 2 bridgehead atoms. The second-order valence-electron chi connectivity index (χ2n) is 4.81. The predicted molar refractivity (Wildman–Crippen MR) is 55.2 cm³/mol. The van der Waals surface area contributed by atoms with E-state index < -0.39 is 11.6 Å². The van der Waals surface area contributed by atoms with Crippen LogP contribution in [0.3, 0.4) is 0 Å². The second kappa shape index (κ2) is 3.81. The Balaban J connectivity index is 0.00000112. The third-order valence-electron chi connectivity index (χ3n) is 4.38. The van der Waals surface area contributed by atoms with Crippen LogP contribution in [0.1, 0.15) is 38.5 Å². The van der Waals surface area contributed by atoms with Gasteiger partial charge in [-0.2, -0.15) is 13.2 Å². The summed E-state index contributed by atoms with van der Waals surface area (Å²) < 4.78 is 38.5. The van der Waals surface area contributed by atoms with Crippen molar-refractivity contribution < 1.29 is 13.2 Å². The van der Waals surface area contributed by atoms with Gasteiger partial charge in [0.15, 0.2) is 0 Å². The first-order chi connectivity index (χ1) is 6.43. The molecule has 3 saturated carbocycles. The molecule has 0 amide bonds. The molecule has 0 aliphatic heterocycles. The van der Waals surface area contributed by atoms with Crippen molar-refractivity contribution in [3.05, 3.63) is 0 Å². The highest BCUT2D eigenvalue weighted by atomic mass is 35.5. The van der Waals surface area contributed by atoms with Crippen molar-refractivity contribution in [2.24, 2.45) is 5.41 Å². The summed E-state index contributed by atoms with van der Waals surface area (Å²) >= 11 is 0. The first kappa shape index (κ1) is 13.1. The highest BCUT2D eigenvalue weighted by Crippen LogP contribution is 2.59. The molecule has 0 aromatic carbocycles. The molecule has 3 aliphatic carbocycles. The van der Waals surface area contributed by atoms with Crippen molar-refractivity contribution in [3.8, 4) is 0 Å². The average Bonchev–Trinajstić information content (AvgIpc) is 2.19. The number of fused-ring (bicyclic) bond motifs is 3. The van der Waals surface area contributed by atoms with Crippen LogP contribution < -0.4 is 5.32 Å². The first-order valence-corrected chi connectivity index (χ1v) is 5.19. The second-order valence-corrected chi connectivity index (χ2v) is 4.81. The maximum atomic E-state index is 12.8. The Kier molecular flexibility index (Phi) is 3.33. The van der Waals surface area contributed by atoms with Crippen molar-refractivity contribution in [3.63, 3.8) is 0 Å². The van der Waals surface area contributed by atoms with Gasteiger partial charge < -0.3 is 5.32 Å². The molecule has 0 spiro atoms. The zero-order valence-corrected chi connectivity index (χ0v) is 9.60. The van der Waals surface area contributed by atoms with Gasteiger partial charge in [0, 0.05) is 5.54 Å². The van der Waals surface area contributed by atoms with Gasteiger partial charge in [0.1, 0.15) is 0 Å². The number of hydrogen-bond donors (Lipinski definition) is 1. The molecule has 15 heavy (non-hydrogen) atoms. The minimum absolute atomic E-state index is 0. The van der Waals surface area contributed by atoms with Crippen LogP contribution in [0.2, 0.25) is 0 Å². The summed E-state index contributed by atoms with van der Waals surface area (Å²) in [7, 11) is 1.87. The van der Waals surface area contributed by atoms with Gasteiger partial charge in [-0.25, -0.2) is 0 Å². The van der Waals surface area contributed by atoms with E-state index in [0.29, 0.717) is 38.5 Å². The van der Waals surface area contributed by atoms with Crippen LogP contribution in [0.25, 0.3) is 0 Å². The van der Waals surface area contributed by atoms with Gasteiger partial charge in [-0.3, -0.25) is 0 Å². The van der Waals surface area contributed by atoms with E-state index in [0.717, 1.165) is 0 Å². The van der Waals surface area contributed by atoms with Gasteiger partial charge in [0.05, 0.1) is 5.41 Å². The Morgan fingerprint density at radius 2 is 1.33 bits per heavy atom. The van der Waals surface area contributed by atoms with Crippen molar-refractivity contribution in [1.29, 1.82) is 0 Å². The molecule has 0 aromatic heterocycles. The minimum atomic E-state index is -3.99. The van der Waals surface area contributed by atoms with Crippen molar-refractivity contribution in [2.45, 2.75) is 50.2 Å². The number of rotatable bonds is 1. The van der Waals surface area contributed by atoms with E-state index in [1.54, 1.807) is 0 Å². The molecular formula is C10H17ClF3N. The largest absolute Gasteiger partial charge is 0.394 e. The van der Waals surface area contributed by atoms with Crippen LogP contribution in [-0.4, -0.2) is 18.8 Å². The molecule has 1 nitrogen and oxygen atoms in total. The Labute approximate surface area is 94.2 Å². The summed E-state index contributed by atoms with van der Waals surface area (Å²) in [5.74, 6) is 0. The molecular weight excluding hydrogens is 227 g/mol.